The molecular formula is C17H19N3O2S2. The van der Waals surface area contributed by atoms with Gasteiger partial charge in [-0.05, 0) is 39.0 Å². The average Bonchev–Trinajstić information content (AvgIpc) is 3.19. The minimum absolute atomic E-state index is 0.0288. The summed E-state index contributed by atoms with van der Waals surface area (Å²) in [5.41, 5.74) is 1.51. The van der Waals surface area contributed by atoms with E-state index < -0.39 is 0 Å². The van der Waals surface area contributed by atoms with E-state index in [0.29, 0.717) is 13.2 Å². The molecule has 0 fully saturated rings. The van der Waals surface area contributed by atoms with Crippen molar-refractivity contribution >= 4 is 22.7 Å². The van der Waals surface area contributed by atoms with Crippen LogP contribution in [0.5, 0.6) is 0 Å². The van der Waals surface area contributed by atoms with Gasteiger partial charge in [0.2, 0.25) is 0 Å². The number of thiophene rings is 1. The summed E-state index contributed by atoms with van der Waals surface area (Å²) < 4.78 is 7.03. The Labute approximate surface area is 148 Å². The van der Waals surface area contributed by atoms with E-state index in [-0.39, 0.29) is 11.7 Å². The smallest absolute Gasteiger partial charge is 0.267 e. The second kappa shape index (κ2) is 7.38. The van der Waals surface area contributed by atoms with E-state index >= 15 is 0 Å². The molecular weight excluding hydrogens is 342 g/mol. The molecule has 0 aliphatic heterocycles. The minimum atomic E-state index is -0.126. The first kappa shape index (κ1) is 17.0. The van der Waals surface area contributed by atoms with Gasteiger partial charge < -0.3 is 4.74 Å². The highest BCUT2D eigenvalue weighted by atomic mass is 32.1. The predicted molar refractivity (Wildman–Crippen MR) is 97.8 cm³/mol. The van der Waals surface area contributed by atoms with Crippen LogP contribution in [0.25, 0.3) is 10.6 Å². The Balaban J connectivity index is 1.83. The van der Waals surface area contributed by atoms with Crippen LogP contribution < -0.4 is 5.56 Å². The summed E-state index contributed by atoms with van der Waals surface area (Å²) in [6.07, 6.45) is -0.0288. The number of rotatable bonds is 6. The first-order valence-electron chi connectivity index (χ1n) is 7.77. The van der Waals surface area contributed by atoms with Crippen LogP contribution in [0.4, 0.5) is 0 Å². The quantitative estimate of drug-likeness (QED) is 0.668. The molecule has 3 heterocycles. The Hall–Kier alpha value is -1.83. The fraction of sp³-hybridized carbons (Fsp3) is 0.353. The molecule has 0 spiro atoms. The molecule has 0 bridgehead atoms. The molecule has 0 aromatic carbocycles. The van der Waals surface area contributed by atoms with Crippen molar-refractivity contribution in [2.75, 3.05) is 6.61 Å². The first-order valence-corrected chi connectivity index (χ1v) is 9.47. The predicted octanol–water partition coefficient (Wildman–Crippen LogP) is 3.88. The van der Waals surface area contributed by atoms with Crippen molar-refractivity contribution in [3.63, 3.8) is 0 Å². The number of ether oxygens (including phenoxy) is 1. The van der Waals surface area contributed by atoms with E-state index in [1.165, 1.54) is 9.56 Å². The molecule has 7 heteroatoms. The largest absolute Gasteiger partial charge is 0.372 e. The highest BCUT2D eigenvalue weighted by Gasteiger charge is 2.12. The van der Waals surface area contributed by atoms with Crippen LogP contribution >= 0.6 is 22.7 Å². The molecule has 0 amide bonds. The zero-order chi connectivity index (χ0) is 17.1. The van der Waals surface area contributed by atoms with Gasteiger partial charge in [0.25, 0.3) is 5.56 Å². The van der Waals surface area contributed by atoms with Crippen molar-refractivity contribution < 1.29 is 4.74 Å². The molecule has 3 rings (SSSR count). The van der Waals surface area contributed by atoms with Gasteiger partial charge in [-0.25, -0.2) is 9.67 Å². The van der Waals surface area contributed by atoms with E-state index in [9.17, 15) is 4.79 Å². The van der Waals surface area contributed by atoms with Gasteiger partial charge in [0, 0.05) is 22.9 Å². The van der Waals surface area contributed by atoms with Crippen LogP contribution in [-0.2, 0) is 11.3 Å². The monoisotopic (exact) mass is 361 g/mol. The normalized spacial score (nSPS) is 12.5. The summed E-state index contributed by atoms with van der Waals surface area (Å²) in [7, 11) is 0. The average molecular weight is 361 g/mol. The maximum Gasteiger partial charge on any atom is 0.267 e. The second-order valence-corrected chi connectivity index (χ2v) is 7.58. The number of aryl methyl sites for hydroxylation is 1. The Morgan fingerprint density at radius 1 is 1.29 bits per heavy atom. The summed E-state index contributed by atoms with van der Waals surface area (Å²) in [6, 6.07) is 7.42. The zero-order valence-corrected chi connectivity index (χ0v) is 15.5. The van der Waals surface area contributed by atoms with Crippen LogP contribution in [0.2, 0.25) is 0 Å². The van der Waals surface area contributed by atoms with Crippen molar-refractivity contribution in [2.45, 2.75) is 33.4 Å². The molecule has 0 saturated heterocycles. The zero-order valence-electron chi connectivity index (χ0n) is 13.9. The highest BCUT2D eigenvalue weighted by Crippen LogP contribution is 2.25. The van der Waals surface area contributed by atoms with Gasteiger partial charge in [0.15, 0.2) is 0 Å². The first-order chi connectivity index (χ1) is 11.6. The third-order valence-electron chi connectivity index (χ3n) is 3.51. The summed E-state index contributed by atoms with van der Waals surface area (Å²) in [4.78, 5) is 19.0. The fourth-order valence-corrected chi connectivity index (χ4v) is 3.97. The van der Waals surface area contributed by atoms with Gasteiger partial charge in [-0.3, -0.25) is 4.79 Å². The molecule has 1 unspecified atom stereocenters. The van der Waals surface area contributed by atoms with E-state index in [1.807, 2.05) is 25.3 Å². The van der Waals surface area contributed by atoms with Crippen LogP contribution in [0.1, 0.15) is 35.5 Å². The van der Waals surface area contributed by atoms with Crippen molar-refractivity contribution in [1.29, 1.82) is 0 Å². The summed E-state index contributed by atoms with van der Waals surface area (Å²) in [6.45, 7) is 7.02. The number of nitrogens with zero attached hydrogens (tertiary/aromatic N) is 3. The van der Waals surface area contributed by atoms with Gasteiger partial charge in [-0.2, -0.15) is 5.10 Å². The van der Waals surface area contributed by atoms with Crippen LogP contribution in [0, 0.1) is 6.92 Å². The lowest BCUT2D eigenvalue weighted by Gasteiger charge is -2.07. The second-order valence-electron chi connectivity index (χ2n) is 5.40. The lowest BCUT2D eigenvalue weighted by atomic mass is 10.3. The lowest BCUT2D eigenvalue weighted by Crippen LogP contribution is -2.22. The van der Waals surface area contributed by atoms with Crippen LogP contribution in [0.3, 0.4) is 0 Å². The molecule has 24 heavy (non-hydrogen) atoms. The maximum absolute atomic E-state index is 12.1. The highest BCUT2D eigenvalue weighted by molar-refractivity contribution is 7.15. The molecule has 3 aromatic heterocycles. The number of hydrogen-bond donors (Lipinski definition) is 0. The maximum atomic E-state index is 12.1. The van der Waals surface area contributed by atoms with Gasteiger partial charge in [-0.15, -0.1) is 22.7 Å². The summed E-state index contributed by atoms with van der Waals surface area (Å²) in [5, 5.41) is 7.37. The Kier molecular flexibility index (Phi) is 5.23. The van der Waals surface area contributed by atoms with Crippen molar-refractivity contribution in [3.8, 4) is 10.6 Å². The Bertz CT molecular complexity index is 882. The molecule has 5 nitrogen and oxygen atoms in total. The van der Waals surface area contributed by atoms with E-state index in [0.717, 1.165) is 21.3 Å². The third kappa shape index (κ3) is 3.80. The molecule has 126 valence electrons. The SMILES string of the molecule is CCOC(C)c1nc(Cn2nc(-c3ccc(C)s3)ccc2=O)cs1. The molecule has 0 aliphatic carbocycles. The topological polar surface area (TPSA) is 57.0 Å². The fourth-order valence-electron chi connectivity index (χ4n) is 2.32. The van der Waals surface area contributed by atoms with E-state index in [4.69, 9.17) is 4.74 Å². The van der Waals surface area contributed by atoms with Crippen LogP contribution in [0.15, 0.2) is 34.4 Å². The van der Waals surface area contributed by atoms with Gasteiger partial charge in [0.1, 0.15) is 16.8 Å². The van der Waals surface area contributed by atoms with Gasteiger partial charge in [-0.1, -0.05) is 0 Å². The van der Waals surface area contributed by atoms with Crippen molar-refractivity contribution in [2.24, 2.45) is 0 Å². The minimum Gasteiger partial charge on any atom is -0.372 e. The molecule has 0 saturated carbocycles. The van der Waals surface area contributed by atoms with Crippen molar-refractivity contribution in [3.05, 3.63) is 55.6 Å². The molecule has 0 N–H and O–H groups in total. The molecule has 1 atom stereocenters. The van der Waals surface area contributed by atoms with Gasteiger partial charge >= 0.3 is 0 Å². The van der Waals surface area contributed by atoms with Crippen molar-refractivity contribution in [1.82, 2.24) is 14.8 Å². The Morgan fingerprint density at radius 2 is 2.12 bits per heavy atom. The third-order valence-corrected chi connectivity index (χ3v) is 5.58. The molecule has 0 aliphatic rings. The number of thiazole rings is 1. The van der Waals surface area contributed by atoms with E-state index in [1.54, 1.807) is 34.8 Å². The van der Waals surface area contributed by atoms with Gasteiger partial charge in [0.05, 0.1) is 17.1 Å². The van der Waals surface area contributed by atoms with Crippen LogP contribution in [-0.4, -0.2) is 21.4 Å². The number of hydrogen-bond acceptors (Lipinski definition) is 6. The lowest BCUT2D eigenvalue weighted by molar-refractivity contribution is 0.0761. The summed E-state index contributed by atoms with van der Waals surface area (Å²) in [5.74, 6) is 0. The van der Waals surface area contributed by atoms with E-state index in [2.05, 4.69) is 23.1 Å². The molecule has 3 aromatic rings. The summed E-state index contributed by atoms with van der Waals surface area (Å²) >= 11 is 3.22. The molecule has 0 radical (unpaired) electrons. The number of aromatic nitrogens is 3. The standard InChI is InChI=1S/C17H19N3O2S2/c1-4-22-12(3)17-18-13(10-23-17)9-20-16(21)8-6-14(19-20)15-7-5-11(2)24-15/h5-8,10,12H,4,9H2,1-3H3. The Morgan fingerprint density at radius 3 is 2.83 bits per heavy atom.